The lowest BCUT2D eigenvalue weighted by molar-refractivity contribution is -0.132. The molecule has 2 aromatic rings. The molecule has 2 heterocycles. The van der Waals surface area contributed by atoms with Crippen molar-refractivity contribution in [2.75, 3.05) is 32.8 Å². The van der Waals surface area contributed by atoms with Crippen molar-refractivity contribution in [2.45, 2.75) is 19.8 Å². The second-order valence-corrected chi connectivity index (χ2v) is 6.28. The number of ether oxygens (including phenoxy) is 1. The third-order valence-electron chi connectivity index (χ3n) is 4.47. The van der Waals surface area contributed by atoms with Gasteiger partial charge in [-0.25, -0.2) is 18.6 Å². The first-order valence-electron chi connectivity index (χ1n) is 9.08. The molecule has 3 rings (SSSR count). The molecule has 1 aliphatic rings. The van der Waals surface area contributed by atoms with Gasteiger partial charge in [0.15, 0.2) is 11.7 Å². The van der Waals surface area contributed by atoms with Gasteiger partial charge in [-0.15, -0.1) is 0 Å². The van der Waals surface area contributed by atoms with E-state index in [2.05, 4.69) is 4.98 Å². The second kappa shape index (κ2) is 8.81. The molecule has 1 saturated heterocycles. The van der Waals surface area contributed by atoms with Crippen LogP contribution in [0.2, 0.25) is 0 Å². The molecule has 0 unspecified atom stereocenters. The number of aryl methyl sites for hydroxylation is 1. The van der Waals surface area contributed by atoms with E-state index in [1.807, 2.05) is 0 Å². The summed E-state index contributed by atoms with van der Waals surface area (Å²) in [6.07, 6.45) is 1.24. The molecule has 150 valence electrons. The minimum Gasteiger partial charge on any atom is -0.450 e. The summed E-state index contributed by atoms with van der Waals surface area (Å²) in [6.45, 7) is 3.74. The van der Waals surface area contributed by atoms with Gasteiger partial charge in [-0.3, -0.25) is 4.79 Å². The van der Waals surface area contributed by atoms with Crippen molar-refractivity contribution in [1.82, 2.24) is 14.8 Å². The third-order valence-corrected chi connectivity index (χ3v) is 4.47. The molecule has 28 heavy (non-hydrogen) atoms. The molecule has 0 atom stereocenters. The number of hydrogen-bond acceptors (Lipinski definition) is 5. The topological polar surface area (TPSA) is 75.9 Å². The third kappa shape index (κ3) is 4.47. The molecule has 0 N–H and O–H groups in total. The van der Waals surface area contributed by atoms with Crippen molar-refractivity contribution in [3.8, 4) is 11.3 Å². The van der Waals surface area contributed by atoms with E-state index in [0.29, 0.717) is 32.8 Å². The molecule has 7 nitrogen and oxygen atoms in total. The first-order valence-corrected chi connectivity index (χ1v) is 9.08. The van der Waals surface area contributed by atoms with Gasteiger partial charge in [-0.05, 0) is 19.1 Å². The highest BCUT2D eigenvalue weighted by atomic mass is 19.1. The molecule has 9 heteroatoms. The molecule has 1 aromatic carbocycles. The van der Waals surface area contributed by atoms with Gasteiger partial charge >= 0.3 is 6.09 Å². The normalized spacial score (nSPS) is 14.2. The molecule has 0 radical (unpaired) electrons. The van der Waals surface area contributed by atoms with Crippen LogP contribution in [-0.4, -0.2) is 59.6 Å². The zero-order valence-electron chi connectivity index (χ0n) is 15.5. The summed E-state index contributed by atoms with van der Waals surface area (Å²) in [5.74, 6) is -1.35. The highest BCUT2D eigenvalue weighted by Crippen LogP contribution is 2.26. The largest absolute Gasteiger partial charge is 0.450 e. The van der Waals surface area contributed by atoms with E-state index in [9.17, 15) is 18.4 Å². The molecule has 1 aromatic heterocycles. The summed E-state index contributed by atoms with van der Waals surface area (Å²) in [4.78, 5) is 31.3. The number of carbonyl (C=O) groups excluding carboxylic acids is 2. The maximum Gasteiger partial charge on any atom is 0.409 e. The van der Waals surface area contributed by atoms with E-state index in [1.54, 1.807) is 16.7 Å². The van der Waals surface area contributed by atoms with Crippen LogP contribution in [0.5, 0.6) is 0 Å². The maximum atomic E-state index is 13.8. The molecule has 0 bridgehead atoms. The van der Waals surface area contributed by atoms with Crippen molar-refractivity contribution in [3.63, 3.8) is 0 Å². The Morgan fingerprint density at radius 1 is 1.14 bits per heavy atom. The molecule has 0 saturated carbocycles. The zero-order chi connectivity index (χ0) is 20.1. The van der Waals surface area contributed by atoms with Crippen molar-refractivity contribution >= 4 is 12.0 Å². The SMILES string of the molecule is CCOC(=O)N1CCN(C(=O)CCc2ncc(-c3c(F)cccc3F)o2)CC1. The lowest BCUT2D eigenvalue weighted by Gasteiger charge is -2.34. The molecular weight excluding hydrogens is 372 g/mol. The van der Waals surface area contributed by atoms with E-state index in [4.69, 9.17) is 9.15 Å². The van der Waals surface area contributed by atoms with Crippen LogP contribution in [0, 0.1) is 11.6 Å². The summed E-state index contributed by atoms with van der Waals surface area (Å²) in [6, 6.07) is 3.55. The Bertz CT molecular complexity index is 827. The van der Waals surface area contributed by atoms with E-state index in [1.165, 1.54) is 12.3 Å². The Labute approximate surface area is 160 Å². The lowest BCUT2D eigenvalue weighted by atomic mass is 10.1. The fourth-order valence-corrected chi connectivity index (χ4v) is 3.00. The predicted molar refractivity (Wildman–Crippen MR) is 95.4 cm³/mol. The lowest BCUT2D eigenvalue weighted by Crippen LogP contribution is -2.50. The molecule has 0 aliphatic carbocycles. The highest BCUT2D eigenvalue weighted by Gasteiger charge is 2.25. The number of nitrogens with zero attached hydrogens (tertiary/aromatic N) is 3. The Morgan fingerprint density at radius 2 is 1.79 bits per heavy atom. The Kier molecular flexibility index (Phi) is 6.23. The number of carbonyl (C=O) groups is 2. The van der Waals surface area contributed by atoms with Crippen LogP contribution in [-0.2, 0) is 16.0 Å². The van der Waals surface area contributed by atoms with Gasteiger partial charge in [-0.2, -0.15) is 0 Å². The van der Waals surface area contributed by atoms with Crippen LogP contribution < -0.4 is 0 Å². The number of halogens is 2. The predicted octanol–water partition coefficient (Wildman–Crippen LogP) is 2.85. The Hall–Kier alpha value is -2.97. The molecule has 2 amide bonds. The minimum atomic E-state index is -0.738. The van der Waals surface area contributed by atoms with E-state index in [0.717, 1.165) is 12.1 Å². The second-order valence-electron chi connectivity index (χ2n) is 6.28. The average Bonchev–Trinajstić information content (AvgIpc) is 3.15. The summed E-state index contributed by atoms with van der Waals surface area (Å²) >= 11 is 0. The van der Waals surface area contributed by atoms with E-state index >= 15 is 0 Å². The van der Waals surface area contributed by atoms with Gasteiger partial charge in [0.05, 0.1) is 18.4 Å². The quantitative estimate of drug-likeness (QED) is 0.781. The Balaban J connectivity index is 1.52. The van der Waals surface area contributed by atoms with Crippen molar-refractivity contribution in [3.05, 3.63) is 41.9 Å². The fourth-order valence-electron chi connectivity index (χ4n) is 3.00. The first-order chi connectivity index (χ1) is 13.5. The van der Waals surface area contributed by atoms with E-state index < -0.39 is 11.6 Å². The van der Waals surface area contributed by atoms with Gasteiger partial charge in [0, 0.05) is 39.0 Å². The van der Waals surface area contributed by atoms with Crippen LogP contribution in [0.25, 0.3) is 11.3 Å². The highest BCUT2D eigenvalue weighted by molar-refractivity contribution is 5.77. The number of benzene rings is 1. The van der Waals surface area contributed by atoms with Gasteiger partial charge < -0.3 is 19.0 Å². The summed E-state index contributed by atoms with van der Waals surface area (Å²) in [5, 5.41) is 0. The van der Waals surface area contributed by atoms with Crippen LogP contribution in [0.4, 0.5) is 13.6 Å². The minimum absolute atomic E-state index is 0.0129. The fraction of sp³-hybridized carbons (Fsp3) is 0.421. The smallest absolute Gasteiger partial charge is 0.409 e. The van der Waals surface area contributed by atoms with Gasteiger partial charge in [0.2, 0.25) is 5.91 Å². The summed E-state index contributed by atoms with van der Waals surface area (Å²) in [5.41, 5.74) is -0.275. The summed E-state index contributed by atoms with van der Waals surface area (Å²) in [7, 11) is 0. The number of rotatable bonds is 5. The molecule has 1 fully saturated rings. The molecular formula is C19H21F2N3O4. The molecule has 1 aliphatic heterocycles. The number of aromatic nitrogens is 1. The van der Waals surface area contributed by atoms with Crippen molar-refractivity contribution < 1.29 is 27.5 Å². The number of hydrogen-bond donors (Lipinski definition) is 0. The van der Waals surface area contributed by atoms with Gasteiger partial charge in [-0.1, -0.05) is 6.07 Å². The average molecular weight is 393 g/mol. The zero-order valence-corrected chi connectivity index (χ0v) is 15.5. The maximum absolute atomic E-state index is 13.8. The first kappa shape index (κ1) is 19.8. The number of amides is 2. The number of piperazine rings is 1. The van der Waals surface area contributed by atoms with Crippen molar-refractivity contribution in [2.24, 2.45) is 0 Å². The Morgan fingerprint density at radius 3 is 2.43 bits per heavy atom. The van der Waals surface area contributed by atoms with Gasteiger partial charge in [0.25, 0.3) is 0 Å². The van der Waals surface area contributed by atoms with E-state index in [-0.39, 0.29) is 42.1 Å². The van der Waals surface area contributed by atoms with Crippen molar-refractivity contribution in [1.29, 1.82) is 0 Å². The van der Waals surface area contributed by atoms with Crippen LogP contribution >= 0.6 is 0 Å². The van der Waals surface area contributed by atoms with Crippen LogP contribution in [0.3, 0.4) is 0 Å². The number of oxazole rings is 1. The summed E-state index contributed by atoms with van der Waals surface area (Å²) < 4.78 is 38.0. The van der Waals surface area contributed by atoms with Crippen LogP contribution in [0.1, 0.15) is 19.2 Å². The standard InChI is InChI=1S/C19H21F2N3O4/c1-2-27-19(26)24-10-8-23(9-11-24)17(25)7-6-16-22-12-15(28-16)18-13(20)4-3-5-14(18)21/h3-5,12H,2,6-11H2,1H3. The van der Waals surface area contributed by atoms with Gasteiger partial charge in [0.1, 0.15) is 11.6 Å². The monoisotopic (exact) mass is 393 g/mol. The van der Waals surface area contributed by atoms with Crippen LogP contribution in [0.15, 0.2) is 28.8 Å². The molecule has 0 spiro atoms.